The summed E-state index contributed by atoms with van der Waals surface area (Å²) in [5, 5.41) is 13.1. The molecule has 0 aliphatic heterocycles. The molecule has 2 rings (SSSR count). The number of carbonyl (C=O) groups excluding carboxylic acids is 1. The molecule has 5 nitrogen and oxygen atoms in total. The molecule has 1 amide bonds. The van der Waals surface area contributed by atoms with Crippen LogP contribution in [-0.4, -0.2) is 28.0 Å². The first-order valence-electron chi connectivity index (χ1n) is 10.3. The number of para-hydroxylation sites is 1. The number of fused-ring (bicyclic) bond motifs is 1. The molecular weight excluding hydrogens is 352 g/mol. The third-order valence-corrected chi connectivity index (χ3v) is 4.90. The van der Waals surface area contributed by atoms with Crippen molar-refractivity contribution >= 4 is 22.8 Å². The van der Waals surface area contributed by atoms with Gasteiger partial charge >= 0.3 is 5.97 Å². The lowest BCUT2D eigenvalue weighted by molar-refractivity contribution is -0.141. The predicted molar refractivity (Wildman–Crippen MR) is 113 cm³/mol. The zero-order chi connectivity index (χ0) is 20.2. The number of aromatic nitrogens is 1. The lowest BCUT2D eigenvalue weighted by Gasteiger charge is -2.14. The van der Waals surface area contributed by atoms with Gasteiger partial charge in [-0.2, -0.15) is 0 Å². The molecule has 3 N–H and O–H groups in total. The monoisotopic (exact) mass is 384 g/mol. The highest BCUT2D eigenvalue weighted by atomic mass is 16.4. The van der Waals surface area contributed by atoms with Crippen LogP contribution in [0.1, 0.15) is 63.9 Å². The highest BCUT2D eigenvalue weighted by Gasteiger charge is 2.21. The zero-order valence-electron chi connectivity index (χ0n) is 16.7. The fourth-order valence-corrected chi connectivity index (χ4v) is 3.29. The summed E-state index contributed by atoms with van der Waals surface area (Å²) in [6, 6.07) is 6.84. The second-order valence-corrected chi connectivity index (χ2v) is 7.23. The van der Waals surface area contributed by atoms with E-state index in [4.69, 9.17) is 0 Å². The smallest absolute Gasteiger partial charge is 0.326 e. The second kappa shape index (κ2) is 12.0. The molecule has 0 aliphatic rings. The Balaban J connectivity index is 1.74. The number of rotatable bonds is 13. The van der Waals surface area contributed by atoms with Gasteiger partial charge in [-0.05, 0) is 37.3 Å². The van der Waals surface area contributed by atoms with E-state index in [2.05, 4.69) is 29.4 Å². The summed E-state index contributed by atoms with van der Waals surface area (Å²) >= 11 is 0. The summed E-state index contributed by atoms with van der Waals surface area (Å²) in [5.74, 6) is -1.21. The fourth-order valence-electron chi connectivity index (χ4n) is 3.29. The molecule has 152 valence electrons. The van der Waals surface area contributed by atoms with Crippen molar-refractivity contribution in [2.75, 3.05) is 0 Å². The van der Waals surface area contributed by atoms with Gasteiger partial charge in [0.05, 0.1) is 0 Å². The van der Waals surface area contributed by atoms with Gasteiger partial charge in [0.15, 0.2) is 0 Å². The minimum atomic E-state index is -1.01. The van der Waals surface area contributed by atoms with Crippen LogP contribution in [0.2, 0.25) is 0 Å². The SMILES string of the molecule is CCCCCCC=CCCCC(=O)NC(Cc1c[nH]c2ccccc12)C(=O)O. The molecule has 0 aliphatic carbocycles. The molecule has 0 saturated carbocycles. The van der Waals surface area contributed by atoms with E-state index < -0.39 is 12.0 Å². The van der Waals surface area contributed by atoms with Crippen LogP contribution in [0.4, 0.5) is 0 Å². The maximum absolute atomic E-state index is 12.2. The second-order valence-electron chi connectivity index (χ2n) is 7.23. The Hall–Kier alpha value is -2.56. The lowest BCUT2D eigenvalue weighted by Crippen LogP contribution is -2.42. The summed E-state index contributed by atoms with van der Waals surface area (Å²) in [7, 11) is 0. The number of benzene rings is 1. The van der Waals surface area contributed by atoms with Crippen LogP contribution in [0, 0.1) is 0 Å². The summed E-state index contributed by atoms with van der Waals surface area (Å²) in [5.41, 5.74) is 1.86. The van der Waals surface area contributed by atoms with Crippen LogP contribution in [-0.2, 0) is 16.0 Å². The maximum Gasteiger partial charge on any atom is 0.326 e. The first kappa shape index (κ1) is 21.7. The summed E-state index contributed by atoms with van der Waals surface area (Å²) in [6.07, 6.45) is 14.4. The Morgan fingerprint density at radius 2 is 1.86 bits per heavy atom. The zero-order valence-corrected chi connectivity index (χ0v) is 16.7. The number of carboxylic acid groups (broad SMARTS) is 1. The third kappa shape index (κ3) is 7.22. The molecule has 2 aromatic rings. The van der Waals surface area contributed by atoms with Gasteiger partial charge in [0, 0.05) is 29.9 Å². The van der Waals surface area contributed by atoms with Gasteiger partial charge in [0.1, 0.15) is 6.04 Å². The molecular formula is C23H32N2O3. The summed E-state index contributed by atoms with van der Waals surface area (Å²) < 4.78 is 0. The van der Waals surface area contributed by atoms with Crippen molar-refractivity contribution in [2.24, 2.45) is 0 Å². The van der Waals surface area contributed by atoms with Crippen molar-refractivity contribution in [1.82, 2.24) is 10.3 Å². The molecule has 1 unspecified atom stereocenters. The average molecular weight is 385 g/mol. The largest absolute Gasteiger partial charge is 0.480 e. The highest BCUT2D eigenvalue weighted by Crippen LogP contribution is 2.19. The average Bonchev–Trinajstić information content (AvgIpc) is 3.09. The Bertz CT molecular complexity index is 779. The fraction of sp³-hybridized carbons (Fsp3) is 0.478. The van der Waals surface area contributed by atoms with Crippen molar-refractivity contribution < 1.29 is 14.7 Å². The van der Waals surface area contributed by atoms with E-state index in [1.807, 2.05) is 30.5 Å². The molecule has 1 heterocycles. The van der Waals surface area contributed by atoms with E-state index in [0.717, 1.165) is 35.7 Å². The van der Waals surface area contributed by atoms with E-state index in [1.165, 1.54) is 25.7 Å². The summed E-state index contributed by atoms with van der Waals surface area (Å²) in [4.78, 5) is 26.9. The van der Waals surface area contributed by atoms with E-state index >= 15 is 0 Å². The topological polar surface area (TPSA) is 82.2 Å². The Labute approximate surface area is 167 Å². The van der Waals surface area contributed by atoms with E-state index in [1.54, 1.807) is 0 Å². The number of aromatic amines is 1. The molecule has 1 aromatic heterocycles. The van der Waals surface area contributed by atoms with Gasteiger partial charge in [-0.1, -0.05) is 56.5 Å². The Kier molecular flexibility index (Phi) is 9.32. The Morgan fingerprint density at radius 1 is 1.11 bits per heavy atom. The molecule has 0 fully saturated rings. The van der Waals surface area contributed by atoms with E-state index in [9.17, 15) is 14.7 Å². The number of amides is 1. The number of H-pyrrole nitrogens is 1. The number of carboxylic acids is 1. The first-order chi connectivity index (χ1) is 13.6. The number of hydrogen-bond donors (Lipinski definition) is 3. The van der Waals surface area contributed by atoms with Crippen LogP contribution in [0.15, 0.2) is 42.6 Å². The number of allylic oxidation sites excluding steroid dienone is 2. The molecule has 0 saturated heterocycles. The molecule has 0 bridgehead atoms. The van der Waals surface area contributed by atoms with Crippen molar-refractivity contribution in [1.29, 1.82) is 0 Å². The van der Waals surface area contributed by atoms with Crippen molar-refractivity contribution in [3.63, 3.8) is 0 Å². The Morgan fingerprint density at radius 3 is 2.61 bits per heavy atom. The van der Waals surface area contributed by atoms with E-state index in [0.29, 0.717) is 6.42 Å². The number of carbonyl (C=O) groups is 2. The minimum absolute atomic E-state index is 0.205. The van der Waals surface area contributed by atoms with Crippen molar-refractivity contribution in [3.8, 4) is 0 Å². The molecule has 0 radical (unpaired) electrons. The van der Waals surface area contributed by atoms with Gasteiger partial charge in [-0.15, -0.1) is 0 Å². The predicted octanol–water partition coefficient (Wildman–Crippen LogP) is 4.98. The van der Waals surface area contributed by atoms with Gasteiger partial charge in [-0.3, -0.25) is 4.79 Å². The van der Waals surface area contributed by atoms with Gasteiger partial charge in [0.2, 0.25) is 5.91 Å². The van der Waals surface area contributed by atoms with Crippen molar-refractivity contribution in [2.45, 2.75) is 70.8 Å². The van der Waals surface area contributed by atoms with Gasteiger partial charge < -0.3 is 15.4 Å². The quantitative estimate of drug-likeness (QED) is 0.336. The number of unbranched alkanes of at least 4 members (excludes halogenated alkanes) is 5. The molecule has 1 atom stereocenters. The molecule has 5 heteroatoms. The third-order valence-electron chi connectivity index (χ3n) is 4.90. The van der Waals surface area contributed by atoms with Crippen LogP contribution in [0.25, 0.3) is 10.9 Å². The highest BCUT2D eigenvalue weighted by molar-refractivity contribution is 5.86. The van der Waals surface area contributed by atoms with Crippen LogP contribution >= 0.6 is 0 Å². The van der Waals surface area contributed by atoms with Gasteiger partial charge in [-0.25, -0.2) is 4.79 Å². The standard InChI is InChI=1S/C23H32N2O3/c1-2-3-4-5-6-7-8-9-10-15-22(26)25-21(23(27)28)16-18-17-24-20-14-12-11-13-19(18)20/h7-8,11-14,17,21,24H,2-6,9-10,15-16H2,1H3,(H,25,26)(H,27,28). The van der Waals surface area contributed by atoms with Gasteiger partial charge in [0.25, 0.3) is 0 Å². The normalized spacial score (nSPS) is 12.5. The number of hydrogen-bond acceptors (Lipinski definition) is 2. The minimum Gasteiger partial charge on any atom is -0.480 e. The van der Waals surface area contributed by atoms with Crippen molar-refractivity contribution in [3.05, 3.63) is 48.2 Å². The molecule has 1 aromatic carbocycles. The van der Waals surface area contributed by atoms with Crippen LogP contribution < -0.4 is 5.32 Å². The molecule has 0 spiro atoms. The molecule has 28 heavy (non-hydrogen) atoms. The van der Waals surface area contributed by atoms with E-state index in [-0.39, 0.29) is 12.3 Å². The summed E-state index contributed by atoms with van der Waals surface area (Å²) in [6.45, 7) is 2.20. The number of nitrogens with one attached hydrogen (secondary N) is 2. The first-order valence-corrected chi connectivity index (χ1v) is 10.3. The maximum atomic E-state index is 12.2. The lowest BCUT2D eigenvalue weighted by atomic mass is 10.0. The van der Waals surface area contributed by atoms with Crippen LogP contribution in [0.3, 0.4) is 0 Å². The van der Waals surface area contributed by atoms with Crippen LogP contribution in [0.5, 0.6) is 0 Å². The number of aliphatic carboxylic acids is 1.